The minimum Gasteiger partial charge on any atom is -0.507 e. The van der Waals surface area contributed by atoms with Crippen LogP contribution in [0.5, 0.6) is 5.75 Å². The normalized spacial score (nSPS) is 11.7. The van der Waals surface area contributed by atoms with E-state index in [2.05, 4.69) is 186 Å². The van der Waals surface area contributed by atoms with Gasteiger partial charge in [0.2, 0.25) is 0 Å². The Morgan fingerprint density at radius 2 is 1.16 bits per heavy atom. The molecule has 0 amide bonds. The van der Waals surface area contributed by atoms with E-state index in [0.29, 0.717) is 22.5 Å². The second kappa shape index (κ2) is 17.8. The maximum atomic E-state index is 11.3. The molecular weight excluding hydrogens is 1000 g/mol. The number of phenols is 1. The first-order valence-corrected chi connectivity index (χ1v) is 22.4. The molecule has 0 atom stereocenters. The first-order valence-electron chi connectivity index (χ1n) is 22.4. The Labute approximate surface area is 407 Å². The summed E-state index contributed by atoms with van der Waals surface area (Å²) >= 11 is 0. The average molecular weight is 1050 g/mol. The molecule has 3 heterocycles. The van der Waals surface area contributed by atoms with Crippen LogP contribution in [0.15, 0.2) is 182 Å². The van der Waals surface area contributed by atoms with E-state index in [0.717, 1.165) is 66.9 Å². The van der Waals surface area contributed by atoms with Crippen LogP contribution in [0.1, 0.15) is 58.2 Å². The molecule has 0 unspecified atom stereocenters. The van der Waals surface area contributed by atoms with Gasteiger partial charge in [0, 0.05) is 66.2 Å². The molecular formula is C61H49N4OPt-. The van der Waals surface area contributed by atoms with E-state index in [4.69, 9.17) is 9.97 Å². The van der Waals surface area contributed by atoms with E-state index in [1.807, 2.05) is 48.7 Å². The van der Waals surface area contributed by atoms with Crippen molar-refractivity contribution in [1.82, 2.24) is 14.5 Å². The van der Waals surface area contributed by atoms with Gasteiger partial charge in [0.1, 0.15) is 5.75 Å². The fourth-order valence-corrected chi connectivity index (χ4v) is 8.97. The molecule has 10 rings (SSSR count). The van der Waals surface area contributed by atoms with E-state index >= 15 is 0 Å². The molecule has 0 bridgehead atoms. The van der Waals surface area contributed by atoms with E-state index in [1.165, 1.54) is 21.9 Å². The standard InChI is InChI=1S/C61H49N4O.Pt/c1-60(2,3)45-31-43(32-46(37-45)61(4,5)6)44-35-55(52-18-11-13-22-58(52)66)64-56(36-44)53-33-42(27-28-48(53)40-25-23-39(38-62)24-26-40)54-34-41(29-30-63-54)49-19-14-20-51-50-17-10-12-21-57(50)65(59(49)51)47-15-8-7-9-16-47;/h7-32,34-37,66H,1-6H3;/q-1;. The molecule has 0 saturated heterocycles. The Kier molecular flexibility index (Phi) is 11.9. The molecule has 0 aliphatic heterocycles. The van der Waals surface area contributed by atoms with Crippen molar-refractivity contribution in [2.24, 2.45) is 0 Å². The molecule has 7 aromatic carbocycles. The number of pyridine rings is 2. The average Bonchev–Trinajstić information content (AvgIpc) is 3.68. The fraction of sp³-hybridized carbons (Fsp3) is 0.131. The molecule has 0 aliphatic carbocycles. The van der Waals surface area contributed by atoms with Crippen LogP contribution < -0.4 is 0 Å². The molecule has 0 radical (unpaired) electrons. The van der Waals surface area contributed by atoms with E-state index in [-0.39, 0.29) is 37.6 Å². The maximum absolute atomic E-state index is 11.3. The number of phenolic OH excluding ortho intramolecular Hbond substituents is 1. The van der Waals surface area contributed by atoms with E-state index in [1.54, 1.807) is 6.07 Å². The van der Waals surface area contributed by atoms with Gasteiger partial charge in [0.05, 0.1) is 28.4 Å². The minimum absolute atomic E-state index is 0. The molecule has 1 N–H and O–H groups in total. The first-order chi connectivity index (χ1) is 31.8. The van der Waals surface area contributed by atoms with Crippen LogP contribution in [0.3, 0.4) is 0 Å². The zero-order chi connectivity index (χ0) is 45.7. The van der Waals surface area contributed by atoms with Gasteiger partial charge in [0.15, 0.2) is 0 Å². The van der Waals surface area contributed by atoms with Crippen LogP contribution in [-0.2, 0) is 31.9 Å². The van der Waals surface area contributed by atoms with Gasteiger partial charge < -0.3 is 9.67 Å². The number of para-hydroxylation sites is 4. The Bertz CT molecular complexity index is 3480. The molecule has 0 fully saturated rings. The number of aromatic nitrogens is 3. The number of hydrogen-bond donors (Lipinski definition) is 1. The fourth-order valence-electron chi connectivity index (χ4n) is 8.97. The second-order valence-corrected chi connectivity index (χ2v) is 19.1. The van der Waals surface area contributed by atoms with Crippen molar-refractivity contribution in [3.05, 3.63) is 205 Å². The smallest absolute Gasteiger partial charge is 0.124 e. The van der Waals surface area contributed by atoms with Crippen LogP contribution in [0.4, 0.5) is 0 Å². The van der Waals surface area contributed by atoms with Gasteiger partial charge in [-0.3, -0.25) is 9.97 Å². The SMILES string of the molecule is CC(C)(C)c1cc(-c2cc(-c3[c-]c(-c4cc(-c5cccc6c7ccccc7n(-c7ccccc7)c56)ccn4)ccc3-c3ccc(C#N)cc3)nc(-c3ccccc3O)c2)cc(C(C)(C)C)c1.[Pt]. The number of nitrogens with zero attached hydrogens (tertiary/aromatic N) is 4. The van der Waals surface area contributed by atoms with Crippen molar-refractivity contribution in [3.8, 4) is 84.7 Å². The summed E-state index contributed by atoms with van der Waals surface area (Å²) in [5.41, 5.74) is 16.6. The quantitative estimate of drug-likeness (QED) is 0.161. The monoisotopic (exact) mass is 1050 g/mol. The van der Waals surface area contributed by atoms with Crippen molar-refractivity contribution < 1.29 is 26.2 Å². The summed E-state index contributed by atoms with van der Waals surface area (Å²) < 4.78 is 2.36. The van der Waals surface area contributed by atoms with Crippen LogP contribution in [0.25, 0.3) is 94.6 Å². The van der Waals surface area contributed by atoms with Crippen molar-refractivity contribution in [2.75, 3.05) is 0 Å². The largest absolute Gasteiger partial charge is 0.507 e. The van der Waals surface area contributed by atoms with Gasteiger partial charge in [-0.05, 0) is 93.2 Å². The van der Waals surface area contributed by atoms with Gasteiger partial charge in [0.25, 0.3) is 0 Å². The topological polar surface area (TPSA) is 74.7 Å². The van der Waals surface area contributed by atoms with Crippen LogP contribution in [-0.4, -0.2) is 19.6 Å². The third kappa shape index (κ3) is 8.62. The number of benzene rings is 7. The van der Waals surface area contributed by atoms with Crippen LogP contribution >= 0.6 is 0 Å². The third-order valence-corrected chi connectivity index (χ3v) is 12.6. The number of nitriles is 1. The Balaban J connectivity index is 0.00000562. The summed E-state index contributed by atoms with van der Waals surface area (Å²) in [4.78, 5) is 10.3. The third-order valence-electron chi connectivity index (χ3n) is 12.6. The summed E-state index contributed by atoms with van der Waals surface area (Å²) in [5.74, 6) is 0.152. The summed E-state index contributed by atoms with van der Waals surface area (Å²) in [6.45, 7) is 13.5. The number of hydrogen-bond acceptors (Lipinski definition) is 4. The second-order valence-electron chi connectivity index (χ2n) is 19.1. The summed E-state index contributed by atoms with van der Waals surface area (Å²) in [7, 11) is 0. The molecule has 6 heteroatoms. The Morgan fingerprint density at radius 1 is 0.537 bits per heavy atom. The van der Waals surface area contributed by atoms with Crippen molar-refractivity contribution in [2.45, 2.75) is 52.4 Å². The van der Waals surface area contributed by atoms with Crippen molar-refractivity contribution in [3.63, 3.8) is 0 Å². The summed E-state index contributed by atoms with van der Waals surface area (Å²) in [5, 5.41) is 23.4. The molecule has 0 saturated carbocycles. The summed E-state index contributed by atoms with van der Waals surface area (Å²) in [6.07, 6.45) is 1.88. The maximum Gasteiger partial charge on any atom is 0.124 e. The predicted molar refractivity (Wildman–Crippen MR) is 272 cm³/mol. The first kappa shape index (κ1) is 44.8. The van der Waals surface area contributed by atoms with Gasteiger partial charge in [-0.15, -0.1) is 18.2 Å². The zero-order valence-corrected chi connectivity index (χ0v) is 40.6. The Hall–Kier alpha value is -7.38. The Morgan fingerprint density at radius 3 is 1.88 bits per heavy atom. The van der Waals surface area contributed by atoms with Gasteiger partial charge >= 0.3 is 0 Å². The molecule has 5 nitrogen and oxygen atoms in total. The molecule has 67 heavy (non-hydrogen) atoms. The van der Waals surface area contributed by atoms with Crippen LogP contribution in [0, 0.1) is 17.4 Å². The number of aromatic hydroxyl groups is 1. The molecule has 330 valence electrons. The van der Waals surface area contributed by atoms with Gasteiger partial charge in [-0.2, -0.15) is 5.26 Å². The van der Waals surface area contributed by atoms with Crippen LogP contribution in [0.2, 0.25) is 0 Å². The van der Waals surface area contributed by atoms with Gasteiger partial charge in [-0.1, -0.05) is 173 Å². The predicted octanol–water partition coefficient (Wildman–Crippen LogP) is 15.5. The molecule has 3 aromatic heterocycles. The zero-order valence-electron chi connectivity index (χ0n) is 38.4. The molecule has 10 aromatic rings. The number of rotatable bonds is 7. The van der Waals surface area contributed by atoms with E-state index in [9.17, 15) is 10.4 Å². The minimum atomic E-state index is -0.0948. The van der Waals surface area contributed by atoms with Crippen molar-refractivity contribution >= 4 is 21.8 Å². The molecule has 0 spiro atoms. The number of fused-ring (bicyclic) bond motifs is 3. The van der Waals surface area contributed by atoms with Gasteiger partial charge in [-0.25, -0.2) is 0 Å². The van der Waals surface area contributed by atoms with Crippen molar-refractivity contribution in [1.29, 1.82) is 5.26 Å². The summed E-state index contributed by atoms with van der Waals surface area (Å²) in [6, 6.07) is 66.3. The molecule has 0 aliphatic rings. The van der Waals surface area contributed by atoms with E-state index < -0.39 is 0 Å².